The van der Waals surface area contributed by atoms with Gasteiger partial charge in [-0.05, 0) is 51.1 Å². The minimum Gasteiger partial charge on any atom is -0.362 e. The Kier molecular flexibility index (Phi) is 5.00. The number of hydrogen-bond acceptors (Lipinski definition) is 6. The molecule has 3 aromatic rings. The van der Waals surface area contributed by atoms with Crippen molar-refractivity contribution in [1.29, 1.82) is 0 Å². The summed E-state index contributed by atoms with van der Waals surface area (Å²) in [7, 11) is 2.13. The van der Waals surface area contributed by atoms with Gasteiger partial charge in [-0.15, -0.1) is 5.10 Å². The predicted octanol–water partition coefficient (Wildman–Crippen LogP) is 4.59. The molecule has 2 saturated heterocycles. The van der Waals surface area contributed by atoms with E-state index < -0.39 is 11.7 Å². The third-order valence-corrected chi connectivity index (χ3v) is 6.92. The van der Waals surface area contributed by atoms with E-state index in [0.29, 0.717) is 16.8 Å². The first-order valence-corrected chi connectivity index (χ1v) is 11.1. The molecule has 2 fully saturated rings. The van der Waals surface area contributed by atoms with Gasteiger partial charge in [0.25, 0.3) is 0 Å². The van der Waals surface area contributed by atoms with Gasteiger partial charge in [-0.2, -0.15) is 18.3 Å². The minimum atomic E-state index is -4.39. The lowest BCUT2D eigenvalue weighted by molar-refractivity contribution is -0.138. The van der Waals surface area contributed by atoms with Gasteiger partial charge in [-0.3, -0.25) is 0 Å². The maximum Gasteiger partial charge on any atom is 0.416 e. The van der Waals surface area contributed by atoms with Crippen LogP contribution in [0.1, 0.15) is 35.3 Å². The zero-order valence-corrected chi connectivity index (χ0v) is 19.2. The third-order valence-electron chi connectivity index (χ3n) is 6.92. The van der Waals surface area contributed by atoms with Crippen molar-refractivity contribution in [3.63, 3.8) is 0 Å². The van der Waals surface area contributed by atoms with Gasteiger partial charge in [0.05, 0.1) is 17.3 Å². The zero-order chi connectivity index (χ0) is 23.5. The van der Waals surface area contributed by atoms with Gasteiger partial charge in [-0.1, -0.05) is 12.1 Å². The molecule has 33 heavy (non-hydrogen) atoms. The molecular weight excluding hydrogens is 429 g/mol. The summed E-state index contributed by atoms with van der Waals surface area (Å²) in [5.41, 5.74) is 1.32. The van der Waals surface area contributed by atoms with Crippen molar-refractivity contribution in [2.45, 2.75) is 33.0 Å². The number of alkyl halides is 3. The van der Waals surface area contributed by atoms with Crippen LogP contribution in [0.4, 0.5) is 24.8 Å². The summed E-state index contributed by atoms with van der Waals surface area (Å²) < 4.78 is 40.1. The van der Waals surface area contributed by atoms with E-state index in [1.165, 1.54) is 13.0 Å². The summed E-state index contributed by atoms with van der Waals surface area (Å²) in [5, 5.41) is 13.6. The number of hydrogen-bond donors (Lipinski definition) is 1. The number of likely N-dealkylation sites (tertiary alicyclic amines) is 1. The first-order valence-electron chi connectivity index (χ1n) is 11.1. The van der Waals surface area contributed by atoms with Gasteiger partial charge in [-0.25, -0.2) is 4.98 Å². The average Bonchev–Trinajstić information content (AvgIpc) is 2.70. The van der Waals surface area contributed by atoms with Crippen molar-refractivity contribution in [2.24, 2.45) is 5.41 Å². The molecule has 0 unspecified atom stereocenters. The lowest BCUT2D eigenvalue weighted by Gasteiger charge is -2.59. The van der Waals surface area contributed by atoms with Gasteiger partial charge in [0.15, 0.2) is 5.82 Å². The summed E-state index contributed by atoms with van der Waals surface area (Å²) in [4.78, 5) is 9.25. The summed E-state index contributed by atoms with van der Waals surface area (Å²) in [6, 6.07) is 5.91. The SMILES string of the molecule is Cc1c([C@@H](C)Nc2nnc(C)c3cnc(N4CC5(CN(C)C5)C4)cc23)cccc1C(F)(F)F. The number of aryl methyl sites for hydroxylation is 1. The van der Waals surface area contributed by atoms with E-state index in [1.54, 1.807) is 6.07 Å². The Morgan fingerprint density at radius 3 is 2.45 bits per heavy atom. The summed E-state index contributed by atoms with van der Waals surface area (Å²) >= 11 is 0. The van der Waals surface area contributed by atoms with Crippen LogP contribution in [0.5, 0.6) is 0 Å². The van der Waals surface area contributed by atoms with E-state index in [-0.39, 0.29) is 11.6 Å². The molecule has 6 nitrogen and oxygen atoms in total. The smallest absolute Gasteiger partial charge is 0.362 e. The van der Waals surface area contributed by atoms with Crippen molar-refractivity contribution in [3.8, 4) is 0 Å². The first kappa shape index (κ1) is 21.9. The van der Waals surface area contributed by atoms with Gasteiger partial charge < -0.3 is 15.1 Å². The van der Waals surface area contributed by atoms with Crippen LogP contribution in [0.3, 0.4) is 0 Å². The highest BCUT2D eigenvalue weighted by atomic mass is 19.4. The first-order chi connectivity index (χ1) is 15.6. The van der Waals surface area contributed by atoms with Crippen LogP contribution < -0.4 is 10.2 Å². The molecule has 5 rings (SSSR count). The Bertz CT molecular complexity index is 1210. The number of rotatable bonds is 4. The second-order valence-electron chi connectivity index (χ2n) is 9.63. The number of pyridine rings is 1. The fourth-order valence-electron chi connectivity index (χ4n) is 5.38. The molecule has 0 saturated carbocycles. The van der Waals surface area contributed by atoms with E-state index in [2.05, 4.69) is 37.3 Å². The molecule has 0 aliphatic carbocycles. The molecule has 1 aromatic carbocycles. The van der Waals surface area contributed by atoms with Crippen LogP contribution in [-0.4, -0.2) is 53.3 Å². The van der Waals surface area contributed by atoms with Gasteiger partial charge in [0, 0.05) is 48.6 Å². The van der Waals surface area contributed by atoms with E-state index in [4.69, 9.17) is 0 Å². The van der Waals surface area contributed by atoms with Crippen LogP contribution in [0.15, 0.2) is 30.5 Å². The quantitative estimate of drug-likeness (QED) is 0.620. The normalized spacial score (nSPS) is 18.8. The number of nitrogens with zero attached hydrogens (tertiary/aromatic N) is 5. The lowest BCUT2D eigenvalue weighted by Crippen LogP contribution is -2.71. The third kappa shape index (κ3) is 3.78. The van der Waals surface area contributed by atoms with Crippen molar-refractivity contribution in [3.05, 3.63) is 52.8 Å². The second kappa shape index (κ2) is 7.55. The Balaban J connectivity index is 1.44. The molecule has 0 amide bonds. The number of benzene rings is 1. The van der Waals surface area contributed by atoms with E-state index in [0.717, 1.165) is 54.5 Å². The maximum atomic E-state index is 13.4. The molecule has 9 heteroatoms. The Morgan fingerprint density at radius 2 is 1.79 bits per heavy atom. The van der Waals surface area contributed by atoms with E-state index in [1.807, 2.05) is 26.1 Å². The number of aromatic nitrogens is 3. The highest BCUT2D eigenvalue weighted by Gasteiger charge is 2.50. The van der Waals surface area contributed by atoms with Crippen LogP contribution in [0.25, 0.3) is 10.8 Å². The van der Waals surface area contributed by atoms with Crippen molar-refractivity contribution < 1.29 is 13.2 Å². The molecule has 2 aromatic heterocycles. The standard InChI is InChI=1S/C24H27F3N6/c1-14-17(6-5-7-20(14)24(25,26)27)15(2)29-22-18-8-21(28-9-19(18)16(3)30-31-22)33-12-23(13-33)10-32(4)11-23/h5-9,15H,10-13H2,1-4H3,(H,29,31)/t15-/m1/s1. The summed E-state index contributed by atoms with van der Waals surface area (Å²) in [5.74, 6) is 1.43. The highest BCUT2D eigenvalue weighted by Crippen LogP contribution is 2.41. The molecular formula is C24H27F3N6. The number of fused-ring (bicyclic) bond motifs is 1. The van der Waals surface area contributed by atoms with Crippen LogP contribution in [-0.2, 0) is 6.18 Å². The second-order valence-corrected chi connectivity index (χ2v) is 9.63. The zero-order valence-electron chi connectivity index (χ0n) is 19.2. The molecule has 1 atom stereocenters. The molecule has 2 aliphatic heterocycles. The summed E-state index contributed by atoms with van der Waals surface area (Å²) in [6.07, 6.45) is -2.57. The molecule has 4 heterocycles. The van der Waals surface area contributed by atoms with Gasteiger partial charge in [0.1, 0.15) is 5.82 Å². The molecule has 0 bridgehead atoms. The molecule has 2 aliphatic rings. The number of anilines is 2. The number of nitrogens with one attached hydrogen (secondary N) is 1. The summed E-state index contributed by atoms with van der Waals surface area (Å²) in [6.45, 7) is 9.42. The minimum absolute atomic E-state index is 0.216. The predicted molar refractivity (Wildman–Crippen MR) is 122 cm³/mol. The number of halogens is 3. The van der Waals surface area contributed by atoms with Crippen molar-refractivity contribution in [1.82, 2.24) is 20.1 Å². The van der Waals surface area contributed by atoms with Crippen LogP contribution in [0, 0.1) is 19.3 Å². The van der Waals surface area contributed by atoms with Crippen molar-refractivity contribution >= 4 is 22.4 Å². The van der Waals surface area contributed by atoms with Gasteiger partial charge in [0.2, 0.25) is 0 Å². The van der Waals surface area contributed by atoms with Crippen LogP contribution in [0.2, 0.25) is 0 Å². The lowest BCUT2D eigenvalue weighted by atomic mass is 9.73. The highest BCUT2D eigenvalue weighted by molar-refractivity contribution is 5.94. The molecule has 1 spiro atoms. The Hall–Kier alpha value is -2.94. The van der Waals surface area contributed by atoms with E-state index in [9.17, 15) is 13.2 Å². The average molecular weight is 457 g/mol. The van der Waals surface area contributed by atoms with Crippen LogP contribution >= 0.6 is 0 Å². The molecule has 1 N–H and O–H groups in total. The van der Waals surface area contributed by atoms with Crippen molar-refractivity contribution in [2.75, 3.05) is 43.4 Å². The maximum absolute atomic E-state index is 13.4. The Morgan fingerprint density at radius 1 is 1.06 bits per heavy atom. The molecule has 174 valence electrons. The molecule has 0 radical (unpaired) electrons. The van der Waals surface area contributed by atoms with E-state index >= 15 is 0 Å². The fraction of sp³-hybridized carbons (Fsp3) is 0.458. The van der Waals surface area contributed by atoms with Gasteiger partial charge >= 0.3 is 6.18 Å². The monoisotopic (exact) mass is 456 g/mol. The Labute approximate surface area is 190 Å². The fourth-order valence-corrected chi connectivity index (χ4v) is 5.38. The largest absolute Gasteiger partial charge is 0.416 e. The topological polar surface area (TPSA) is 57.2 Å².